The third kappa shape index (κ3) is 5.44. The second kappa shape index (κ2) is 9.52. The van der Waals surface area contributed by atoms with Crippen molar-refractivity contribution in [3.63, 3.8) is 0 Å². The number of aryl methyl sites for hydroxylation is 2. The largest absolute Gasteiger partial charge is 0.339 e. The number of rotatable bonds is 7. The molecular weight excluding hydrogens is 426 g/mol. The molecule has 0 bridgehead atoms. The Bertz CT molecular complexity index is 1230. The lowest BCUT2D eigenvalue weighted by Crippen LogP contribution is -2.12. The number of carbonyl (C=O) groups excluding carboxylic acids is 2. The van der Waals surface area contributed by atoms with Gasteiger partial charge in [-0.1, -0.05) is 47.1 Å². The molecule has 2 aromatic carbocycles. The van der Waals surface area contributed by atoms with Crippen LogP contribution in [0.3, 0.4) is 0 Å². The molecule has 0 unspecified atom stereocenters. The van der Waals surface area contributed by atoms with Crippen LogP contribution in [0, 0.1) is 6.92 Å². The van der Waals surface area contributed by atoms with Crippen LogP contribution in [0.25, 0.3) is 22.6 Å². The minimum Gasteiger partial charge on any atom is -0.339 e. The molecule has 0 fully saturated rings. The lowest BCUT2D eigenvalue weighted by molar-refractivity contribution is -0.116. The van der Waals surface area contributed by atoms with Crippen LogP contribution in [-0.4, -0.2) is 26.9 Å². The fourth-order valence-corrected chi connectivity index (χ4v) is 3.71. The van der Waals surface area contributed by atoms with Crippen molar-refractivity contribution in [2.75, 3.05) is 10.6 Å². The van der Waals surface area contributed by atoms with Crippen LogP contribution >= 0.6 is 11.3 Å². The fourth-order valence-electron chi connectivity index (χ4n) is 2.97. The van der Waals surface area contributed by atoms with E-state index in [9.17, 15) is 9.59 Å². The Kier molecular flexibility index (Phi) is 6.37. The first kappa shape index (κ1) is 21.4. The van der Waals surface area contributed by atoms with Crippen LogP contribution < -0.4 is 10.6 Å². The summed E-state index contributed by atoms with van der Waals surface area (Å²) in [5, 5.41) is 11.9. The molecule has 32 heavy (non-hydrogen) atoms. The molecule has 0 aliphatic rings. The number of nitrogens with zero attached hydrogens (tertiary/aromatic N) is 3. The van der Waals surface area contributed by atoms with E-state index in [1.165, 1.54) is 18.3 Å². The molecule has 0 atom stereocenters. The van der Waals surface area contributed by atoms with E-state index in [1.807, 2.05) is 60.8 Å². The van der Waals surface area contributed by atoms with Gasteiger partial charge in [-0.15, -0.1) is 11.3 Å². The molecule has 9 heteroatoms. The predicted octanol–water partition coefficient (Wildman–Crippen LogP) is 4.70. The van der Waals surface area contributed by atoms with E-state index < -0.39 is 0 Å². The number of anilines is 2. The quantitative estimate of drug-likeness (QED) is 0.425. The SMILES string of the molecule is CC(=O)Nc1ccc(-c2csc(NC(=O)CCc3nc(-c4ccc(C)cc4)no3)n2)cc1. The summed E-state index contributed by atoms with van der Waals surface area (Å²) in [6, 6.07) is 15.2. The van der Waals surface area contributed by atoms with Gasteiger partial charge >= 0.3 is 0 Å². The van der Waals surface area contributed by atoms with Crippen LogP contribution in [0.2, 0.25) is 0 Å². The normalized spacial score (nSPS) is 10.7. The molecular formula is C23H21N5O3S. The predicted molar refractivity (Wildman–Crippen MR) is 123 cm³/mol. The molecule has 4 rings (SSSR count). The number of thiazole rings is 1. The Morgan fingerprint density at radius 2 is 1.69 bits per heavy atom. The Hall–Kier alpha value is -3.85. The smallest absolute Gasteiger partial charge is 0.227 e. The highest BCUT2D eigenvalue weighted by atomic mass is 32.1. The van der Waals surface area contributed by atoms with Gasteiger partial charge in [-0.3, -0.25) is 9.59 Å². The molecule has 0 saturated carbocycles. The highest BCUT2D eigenvalue weighted by Gasteiger charge is 2.12. The standard InChI is InChI=1S/C23H21N5O3S/c1-14-3-5-17(6-4-14)22-27-21(31-28-22)12-11-20(30)26-23-25-19(13-32-23)16-7-9-18(10-8-16)24-15(2)29/h3-10,13H,11-12H2,1-2H3,(H,24,29)(H,25,26,30). The molecule has 162 valence electrons. The monoisotopic (exact) mass is 447 g/mol. The first-order valence-electron chi connectivity index (χ1n) is 9.99. The van der Waals surface area contributed by atoms with E-state index in [0.717, 1.165) is 28.1 Å². The molecule has 2 N–H and O–H groups in total. The van der Waals surface area contributed by atoms with Crippen molar-refractivity contribution < 1.29 is 14.1 Å². The minimum atomic E-state index is -0.179. The molecule has 0 spiro atoms. The summed E-state index contributed by atoms with van der Waals surface area (Å²) in [7, 11) is 0. The maximum atomic E-state index is 12.3. The molecule has 0 aliphatic heterocycles. The number of amides is 2. The van der Waals surface area contributed by atoms with Crippen molar-refractivity contribution in [2.45, 2.75) is 26.7 Å². The van der Waals surface area contributed by atoms with Crippen LogP contribution in [0.5, 0.6) is 0 Å². The molecule has 0 radical (unpaired) electrons. The van der Waals surface area contributed by atoms with Crippen LogP contribution in [0.4, 0.5) is 10.8 Å². The number of hydrogen-bond acceptors (Lipinski definition) is 7. The van der Waals surface area contributed by atoms with Gasteiger partial charge < -0.3 is 15.2 Å². The summed E-state index contributed by atoms with van der Waals surface area (Å²) >= 11 is 1.35. The zero-order valence-electron chi connectivity index (χ0n) is 17.6. The van der Waals surface area contributed by atoms with Crippen LogP contribution in [-0.2, 0) is 16.0 Å². The number of carbonyl (C=O) groups is 2. The Morgan fingerprint density at radius 3 is 2.41 bits per heavy atom. The first-order chi connectivity index (χ1) is 15.5. The molecule has 2 amide bonds. The average Bonchev–Trinajstić information content (AvgIpc) is 3.43. The Labute approximate surface area is 188 Å². The van der Waals surface area contributed by atoms with Gasteiger partial charge in [-0.2, -0.15) is 4.98 Å². The zero-order valence-corrected chi connectivity index (χ0v) is 18.4. The number of benzene rings is 2. The average molecular weight is 448 g/mol. The Balaban J connectivity index is 1.31. The summed E-state index contributed by atoms with van der Waals surface area (Å²) in [6.45, 7) is 3.48. The molecule has 4 aromatic rings. The summed E-state index contributed by atoms with van der Waals surface area (Å²) in [5.41, 5.74) is 4.39. The summed E-state index contributed by atoms with van der Waals surface area (Å²) in [5.74, 6) is 0.620. The van der Waals surface area contributed by atoms with Gasteiger partial charge in [0.15, 0.2) is 5.13 Å². The maximum Gasteiger partial charge on any atom is 0.227 e. The molecule has 0 aliphatic carbocycles. The summed E-state index contributed by atoms with van der Waals surface area (Å²) in [6.07, 6.45) is 0.545. The molecule has 2 aromatic heterocycles. The Morgan fingerprint density at radius 1 is 0.969 bits per heavy atom. The van der Waals surface area contributed by atoms with Gasteiger partial charge in [0, 0.05) is 42.0 Å². The van der Waals surface area contributed by atoms with Crippen molar-refractivity contribution >= 4 is 34.0 Å². The molecule has 2 heterocycles. The first-order valence-corrected chi connectivity index (χ1v) is 10.9. The highest BCUT2D eigenvalue weighted by molar-refractivity contribution is 7.14. The van der Waals surface area contributed by atoms with Gasteiger partial charge in [0.1, 0.15) is 0 Å². The maximum absolute atomic E-state index is 12.3. The van der Waals surface area contributed by atoms with Gasteiger partial charge in [0.2, 0.25) is 23.5 Å². The van der Waals surface area contributed by atoms with Crippen LogP contribution in [0.1, 0.15) is 24.8 Å². The van der Waals surface area contributed by atoms with Crippen molar-refractivity contribution in [3.8, 4) is 22.6 Å². The van der Waals surface area contributed by atoms with Gasteiger partial charge in [0.25, 0.3) is 0 Å². The summed E-state index contributed by atoms with van der Waals surface area (Å²) in [4.78, 5) is 32.3. The lowest BCUT2D eigenvalue weighted by atomic mass is 10.1. The number of aromatic nitrogens is 3. The molecule has 8 nitrogen and oxygen atoms in total. The summed E-state index contributed by atoms with van der Waals surface area (Å²) < 4.78 is 5.27. The minimum absolute atomic E-state index is 0.122. The van der Waals surface area contributed by atoms with Crippen molar-refractivity contribution in [1.29, 1.82) is 0 Å². The van der Waals surface area contributed by atoms with Gasteiger partial charge in [-0.05, 0) is 19.1 Å². The highest BCUT2D eigenvalue weighted by Crippen LogP contribution is 2.26. The van der Waals surface area contributed by atoms with Gasteiger partial charge in [0.05, 0.1) is 5.69 Å². The van der Waals surface area contributed by atoms with E-state index in [4.69, 9.17) is 4.52 Å². The van der Waals surface area contributed by atoms with E-state index >= 15 is 0 Å². The van der Waals surface area contributed by atoms with Crippen molar-refractivity contribution in [3.05, 3.63) is 65.4 Å². The van der Waals surface area contributed by atoms with Crippen molar-refractivity contribution in [2.24, 2.45) is 0 Å². The van der Waals surface area contributed by atoms with Crippen molar-refractivity contribution in [1.82, 2.24) is 15.1 Å². The van der Waals surface area contributed by atoms with E-state index in [0.29, 0.717) is 23.3 Å². The van der Waals surface area contributed by atoms with E-state index in [1.54, 1.807) is 0 Å². The number of nitrogens with one attached hydrogen (secondary N) is 2. The molecule has 0 saturated heterocycles. The second-order valence-corrected chi connectivity index (χ2v) is 8.08. The van der Waals surface area contributed by atoms with Gasteiger partial charge in [-0.25, -0.2) is 4.98 Å². The lowest BCUT2D eigenvalue weighted by Gasteiger charge is -2.03. The third-order valence-electron chi connectivity index (χ3n) is 4.60. The van der Waals surface area contributed by atoms with E-state index in [2.05, 4.69) is 25.8 Å². The topological polar surface area (TPSA) is 110 Å². The fraction of sp³-hybridized carbons (Fsp3) is 0.174. The zero-order chi connectivity index (χ0) is 22.5. The van der Waals surface area contributed by atoms with E-state index in [-0.39, 0.29) is 18.2 Å². The second-order valence-electron chi connectivity index (χ2n) is 7.22. The van der Waals surface area contributed by atoms with Crippen LogP contribution in [0.15, 0.2) is 58.4 Å². The third-order valence-corrected chi connectivity index (χ3v) is 5.35. The number of hydrogen-bond donors (Lipinski definition) is 2.